The normalized spacial score (nSPS) is 18.3. The predicted octanol–water partition coefficient (Wildman–Crippen LogP) is 3.06. The Labute approximate surface area is 148 Å². The number of hydrogen-bond acceptors (Lipinski definition) is 4. The first-order valence-electron chi connectivity index (χ1n) is 8.97. The summed E-state index contributed by atoms with van der Waals surface area (Å²) in [5.41, 5.74) is 0. The van der Waals surface area contributed by atoms with E-state index in [2.05, 4.69) is 10.2 Å². The summed E-state index contributed by atoms with van der Waals surface area (Å²) in [4.78, 5) is 6.85. The van der Waals surface area contributed by atoms with Gasteiger partial charge in [-0.25, -0.2) is 0 Å². The highest BCUT2D eigenvalue weighted by Crippen LogP contribution is 2.13. The Balaban J connectivity index is 1.57. The highest BCUT2D eigenvalue weighted by Gasteiger charge is 2.15. The average Bonchev–Trinajstić information content (AvgIpc) is 3.32. The van der Waals surface area contributed by atoms with Gasteiger partial charge in [-0.1, -0.05) is 0 Å². The molecule has 0 amide bonds. The van der Waals surface area contributed by atoms with Crippen LogP contribution in [0.25, 0.3) is 0 Å². The highest BCUT2D eigenvalue weighted by molar-refractivity contribution is 5.79. The topological polar surface area (TPSA) is 63.1 Å². The summed E-state index contributed by atoms with van der Waals surface area (Å²) in [6.07, 6.45) is 7.92. The number of ether oxygens (including phenoxy) is 1. The number of hydrogen-bond donors (Lipinski definition) is 1. The summed E-state index contributed by atoms with van der Waals surface area (Å²) in [6, 6.07) is 7.77. The van der Waals surface area contributed by atoms with E-state index < -0.39 is 0 Å². The minimum absolute atomic E-state index is 0.229. The molecule has 6 heteroatoms. The summed E-state index contributed by atoms with van der Waals surface area (Å²) in [7, 11) is 2.02. The summed E-state index contributed by atoms with van der Waals surface area (Å²) >= 11 is 0. The van der Waals surface area contributed by atoms with Crippen LogP contribution in [0.15, 0.2) is 50.6 Å². The van der Waals surface area contributed by atoms with E-state index in [1.54, 1.807) is 12.5 Å². The number of furan rings is 2. The van der Waals surface area contributed by atoms with Gasteiger partial charge in [0.25, 0.3) is 0 Å². The number of nitrogens with zero attached hydrogens (tertiary/aromatic N) is 2. The van der Waals surface area contributed by atoms with Gasteiger partial charge >= 0.3 is 0 Å². The van der Waals surface area contributed by atoms with Crippen molar-refractivity contribution >= 4 is 5.96 Å². The molecule has 0 spiro atoms. The largest absolute Gasteiger partial charge is 0.469 e. The van der Waals surface area contributed by atoms with Crippen LogP contribution < -0.4 is 5.32 Å². The number of guanidine groups is 1. The van der Waals surface area contributed by atoms with Crippen molar-refractivity contribution in [1.29, 1.82) is 0 Å². The number of aliphatic imine (C=N–C) groups is 1. The van der Waals surface area contributed by atoms with Gasteiger partial charge in [0.1, 0.15) is 11.5 Å². The lowest BCUT2D eigenvalue weighted by molar-refractivity contribution is 0.0223. The molecule has 1 fully saturated rings. The molecule has 1 N–H and O–H groups in total. The van der Waals surface area contributed by atoms with Gasteiger partial charge in [-0.05, 0) is 43.5 Å². The lowest BCUT2D eigenvalue weighted by atomic mass is 10.1. The maximum absolute atomic E-state index is 5.79. The standard InChI is InChI=1S/C19H27N3O3/c1-22(15-18-8-5-13-25-18)19(20-10-9-16-7-4-12-23-16)21-14-17-6-2-3-11-24-17/h4-5,7-8,12-13,17H,2-3,6,9-11,14-15H2,1H3,(H,20,21). The van der Waals surface area contributed by atoms with Crippen LogP contribution in [0.1, 0.15) is 30.8 Å². The lowest BCUT2D eigenvalue weighted by Gasteiger charge is -2.24. The Kier molecular flexibility index (Phi) is 6.56. The number of rotatable bonds is 7. The third-order valence-electron chi connectivity index (χ3n) is 4.29. The molecule has 1 saturated heterocycles. The molecule has 6 nitrogen and oxygen atoms in total. The van der Waals surface area contributed by atoms with Gasteiger partial charge in [-0.15, -0.1) is 0 Å². The molecule has 0 bridgehead atoms. The smallest absolute Gasteiger partial charge is 0.194 e. The van der Waals surface area contributed by atoms with Crippen molar-refractivity contribution in [2.24, 2.45) is 4.99 Å². The second-order valence-corrected chi connectivity index (χ2v) is 6.34. The zero-order valence-corrected chi connectivity index (χ0v) is 14.8. The van der Waals surface area contributed by atoms with Crippen molar-refractivity contribution in [3.8, 4) is 0 Å². The van der Waals surface area contributed by atoms with E-state index in [4.69, 9.17) is 18.6 Å². The van der Waals surface area contributed by atoms with Crippen LogP contribution in [0.5, 0.6) is 0 Å². The van der Waals surface area contributed by atoms with E-state index in [1.807, 2.05) is 31.3 Å². The van der Waals surface area contributed by atoms with Gasteiger partial charge in [0, 0.05) is 26.6 Å². The average molecular weight is 345 g/mol. The maximum atomic E-state index is 5.79. The monoisotopic (exact) mass is 345 g/mol. The molecule has 1 aliphatic rings. The van der Waals surface area contributed by atoms with E-state index in [0.717, 1.165) is 49.9 Å². The van der Waals surface area contributed by atoms with E-state index in [1.165, 1.54) is 6.42 Å². The third kappa shape index (κ3) is 5.67. The van der Waals surface area contributed by atoms with E-state index in [9.17, 15) is 0 Å². The second kappa shape index (κ2) is 9.32. The zero-order valence-electron chi connectivity index (χ0n) is 14.8. The number of nitrogens with one attached hydrogen (secondary N) is 1. The zero-order chi connectivity index (χ0) is 17.3. The molecule has 1 aliphatic heterocycles. The first-order valence-corrected chi connectivity index (χ1v) is 8.97. The second-order valence-electron chi connectivity index (χ2n) is 6.34. The van der Waals surface area contributed by atoms with Gasteiger partial charge in [0.05, 0.1) is 31.7 Å². The van der Waals surface area contributed by atoms with Crippen LogP contribution in [0.3, 0.4) is 0 Å². The van der Waals surface area contributed by atoms with Gasteiger partial charge in [-0.3, -0.25) is 4.99 Å². The van der Waals surface area contributed by atoms with Crippen molar-refractivity contribution in [3.05, 3.63) is 48.3 Å². The van der Waals surface area contributed by atoms with E-state index >= 15 is 0 Å². The van der Waals surface area contributed by atoms with Crippen LogP contribution in [-0.4, -0.2) is 43.7 Å². The third-order valence-corrected chi connectivity index (χ3v) is 4.29. The summed E-state index contributed by atoms with van der Waals surface area (Å²) < 4.78 is 16.6. The lowest BCUT2D eigenvalue weighted by Crippen LogP contribution is -2.40. The van der Waals surface area contributed by atoms with Crippen LogP contribution in [0, 0.1) is 0 Å². The molecular weight excluding hydrogens is 318 g/mol. The molecular formula is C19H27N3O3. The Hall–Kier alpha value is -2.21. The Bertz CT molecular complexity index is 616. The molecule has 0 radical (unpaired) electrons. The van der Waals surface area contributed by atoms with Crippen molar-refractivity contribution in [2.45, 2.75) is 38.3 Å². The van der Waals surface area contributed by atoms with Crippen LogP contribution >= 0.6 is 0 Å². The molecule has 1 unspecified atom stereocenters. The van der Waals surface area contributed by atoms with Crippen LogP contribution in [0.4, 0.5) is 0 Å². The molecule has 2 aromatic heterocycles. The van der Waals surface area contributed by atoms with Gasteiger partial charge < -0.3 is 23.8 Å². The fourth-order valence-electron chi connectivity index (χ4n) is 2.91. The fourth-order valence-corrected chi connectivity index (χ4v) is 2.91. The quantitative estimate of drug-likeness (QED) is 0.617. The Morgan fingerprint density at radius 2 is 2.00 bits per heavy atom. The fraction of sp³-hybridized carbons (Fsp3) is 0.526. The van der Waals surface area contributed by atoms with Crippen LogP contribution in [0.2, 0.25) is 0 Å². The Morgan fingerprint density at radius 3 is 2.68 bits per heavy atom. The van der Waals surface area contributed by atoms with Crippen molar-refractivity contribution in [1.82, 2.24) is 10.2 Å². The molecule has 3 heterocycles. The predicted molar refractivity (Wildman–Crippen MR) is 96.5 cm³/mol. The molecule has 2 aromatic rings. The van der Waals surface area contributed by atoms with Gasteiger partial charge in [0.15, 0.2) is 5.96 Å². The molecule has 1 atom stereocenters. The van der Waals surface area contributed by atoms with Crippen molar-refractivity contribution in [3.63, 3.8) is 0 Å². The molecule has 136 valence electrons. The molecule has 0 saturated carbocycles. The highest BCUT2D eigenvalue weighted by atomic mass is 16.5. The summed E-state index contributed by atoms with van der Waals surface area (Å²) in [5.74, 6) is 2.74. The Morgan fingerprint density at radius 1 is 1.20 bits per heavy atom. The van der Waals surface area contributed by atoms with E-state index in [-0.39, 0.29) is 6.10 Å². The maximum Gasteiger partial charge on any atom is 0.194 e. The van der Waals surface area contributed by atoms with E-state index in [0.29, 0.717) is 13.1 Å². The summed E-state index contributed by atoms with van der Waals surface area (Å²) in [5, 5.41) is 3.43. The molecule has 3 rings (SSSR count). The van der Waals surface area contributed by atoms with Crippen molar-refractivity contribution in [2.75, 3.05) is 26.7 Å². The van der Waals surface area contributed by atoms with Crippen LogP contribution in [-0.2, 0) is 17.7 Å². The minimum Gasteiger partial charge on any atom is -0.469 e. The summed E-state index contributed by atoms with van der Waals surface area (Å²) in [6.45, 7) is 2.97. The first kappa shape index (κ1) is 17.6. The SMILES string of the molecule is CN(Cc1ccco1)C(=NCC1CCCCO1)NCCc1ccco1. The molecule has 0 aromatic carbocycles. The minimum atomic E-state index is 0.229. The van der Waals surface area contributed by atoms with Gasteiger partial charge in [-0.2, -0.15) is 0 Å². The van der Waals surface area contributed by atoms with Gasteiger partial charge in [0.2, 0.25) is 0 Å². The first-order chi connectivity index (χ1) is 12.3. The molecule has 25 heavy (non-hydrogen) atoms. The molecule has 0 aliphatic carbocycles. The van der Waals surface area contributed by atoms with Crippen molar-refractivity contribution < 1.29 is 13.6 Å².